The molecule has 1 aliphatic heterocycles. The molecule has 1 aromatic rings. The van der Waals surface area contributed by atoms with Gasteiger partial charge >= 0.3 is 0 Å². The van der Waals surface area contributed by atoms with Crippen LogP contribution in [0.5, 0.6) is 5.75 Å². The lowest BCUT2D eigenvalue weighted by atomic mass is 9.94. The summed E-state index contributed by atoms with van der Waals surface area (Å²) < 4.78 is 5.35. The van der Waals surface area contributed by atoms with Crippen molar-refractivity contribution in [2.45, 2.75) is 6.42 Å². The van der Waals surface area contributed by atoms with E-state index in [9.17, 15) is 0 Å². The molecule has 10 heavy (non-hydrogen) atoms. The van der Waals surface area contributed by atoms with Crippen LogP contribution in [0.1, 0.15) is 5.56 Å². The number of rotatable bonds is 0. The molecule has 0 aliphatic carbocycles. The van der Waals surface area contributed by atoms with Crippen LogP contribution in [-0.2, 0) is 6.42 Å². The molecule has 0 bridgehead atoms. The zero-order chi connectivity index (χ0) is 6.97. The van der Waals surface area contributed by atoms with Gasteiger partial charge in [0, 0.05) is 6.42 Å². The second-order valence-electron chi connectivity index (χ2n) is 2.71. The van der Waals surface area contributed by atoms with Gasteiger partial charge < -0.3 is 4.74 Å². The largest absolute Gasteiger partial charge is 0.493 e. The average molecular weight is 132 g/mol. The molecule has 0 spiro atoms. The monoisotopic (exact) mass is 132 g/mol. The molecular weight excluding hydrogens is 123 g/mol. The topological polar surface area (TPSA) is 9.23 Å². The van der Waals surface area contributed by atoms with Crippen molar-refractivity contribution in [3.8, 4) is 5.75 Å². The van der Waals surface area contributed by atoms with Gasteiger partial charge in [-0.05, 0) is 11.6 Å². The van der Waals surface area contributed by atoms with Crippen molar-refractivity contribution in [3.63, 3.8) is 0 Å². The van der Waals surface area contributed by atoms with Gasteiger partial charge in [-0.25, -0.2) is 0 Å². The number of ether oxygens (including phenoxy) is 1. The fourth-order valence-corrected chi connectivity index (χ4v) is 1.32. The molecule has 2 rings (SSSR count). The van der Waals surface area contributed by atoms with Crippen molar-refractivity contribution in [2.24, 2.45) is 0 Å². The smallest absolute Gasteiger partial charge is 0.139 e. The van der Waals surface area contributed by atoms with Gasteiger partial charge in [0.05, 0.1) is 6.61 Å². The summed E-state index contributed by atoms with van der Waals surface area (Å²) in [6.07, 6.45) is 1.08. The van der Waals surface area contributed by atoms with Gasteiger partial charge in [0.1, 0.15) is 13.6 Å². The summed E-state index contributed by atoms with van der Waals surface area (Å²) in [7, 11) is 2.11. The standard InChI is InChI=1S/C8H9BO/c9-7-1-2-8-6(5-7)3-4-10-8/h1-2,5H,3-4,9H2. The maximum atomic E-state index is 5.35. The highest BCUT2D eigenvalue weighted by Gasteiger charge is 2.09. The Hall–Kier alpha value is -0.915. The van der Waals surface area contributed by atoms with Gasteiger partial charge in [-0.15, -0.1) is 0 Å². The van der Waals surface area contributed by atoms with Gasteiger partial charge in [-0.3, -0.25) is 0 Å². The van der Waals surface area contributed by atoms with Crippen molar-refractivity contribution in [1.29, 1.82) is 0 Å². The summed E-state index contributed by atoms with van der Waals surface area (Å²) in [5.74, 6) is 1.07. The van der Waals surface area contributed by atoms with Crippen molar-refractivity contribution in [1.82, 2.24) is 0 Å². The summed E-state index contributed by atoms with van der Waals surface area (Å²) in [4.78, 5) is 0. The molecule has 2 heteroatoms. The second kappa shape index (κ2) is 2.05. The van der Waals surface area contributed by atoms with Crippen LogP contribution in [0.15, 0.2) is 18.2 Å². The molecule has 0 unspecified atom stereocenters. The first-order chi connectivity index (χ1) is 4.86. The molecule has 0 amide bonds. The van der Waals surface area contributed by atoms with Gasteiger partial charge in [0.25, 0.3) is 0 Å². The first-order valence-electron chi connectivity index (χ1n) is 3.58. The second-order valence-corrected chi connectivity index (χ2v) is 2.71. The van der Waals surface area contributed by atoms with E-state index < -0.39 is 0 Å². The van der Waals surface area contributed by atoms with Crippen molar-refractivity contribution in [3.05, 3.63) is 23.8 Å². The summed E-state index contributed by atoms with van der Waals surface area (Å²) in [6.45, 7) is 0.860. The average Bonchev–Trinajstić information content (AvgIpc) is 2.33. The molecule has 0 saturated heterocycles. The molecule has 1 aliphatic rings. The van der Waals surface area contributed by atoms with Crippen LogP contribution >= 0.6 is 0 Å². The van der Waals surface area contributed by atoms with Gasteiger partial charge in [0.15, 0.2) is 0 Å². The lowest BCUT2D eigenvalue weighted by molar-refractivity contribution is 0.357. The molecular formula is C8H9BO. The first-order valence-corrected chi connectivity index (χ1v) is 3.58. The zero-order valence-corrected chi connectivity index (χ0v) is 6.05. The maximum absolute atomic E-state index is 5.35. The van der Waals surface area contributed by atoms with E-state index >= 15 is 0 Å². The van der Waals surface area contributed by atoms with E-state index in [0.29, 0.717) is 0 Å². The minimum atomic E-state index is 0.860. The third-order valence-electron chi connectivity index (χ3n) is 1.84. The highest BCUT2D eigenvalue weighted by atomic mass is 16.5. The quantitative estimate of drug-likeness (QED) is 0.447. The van der Waals surface area contributed by atoms with E-state index in [4.69, 9.17) is 4.74 Å². The summed E-state index contributed by atoms with van der Waals surface area (Å²) in [5.41, 5.74) is 2.68. The van der Waals surface area contributed by atoms with E-state index in [1.165, 1.54) is 11.0 Å². The number of hydrogen-bond donors (Lipinski definition) is 0. The number of fused-ring (bicyclic) bond motifs is 1. The molecule has 0 N–H and O–H groups in total. The summed E-state index contributed by atoms with van der Waals surface area (Å²) >= 11 is 0. The van der Waals surface area contributed by atoms with Crippen molar-refractivity contribution in [2.75, 3.05) is 6.61 Å². The molecule has 0 saturated carbocycles. The zero-order valence-electron chi connectivity index (χ0n) is 6.05. The first kappa shape index (κ1) is 5.84. The third kappa shape index (κ3) is 0.802. The van der Waals surface area contributed by atoms with Crippen LogP contribution < -0.4 is 10.2 Å². The third-order valence-corrected chi connectivity index (χ3v) is 1.84. The highest BCUT2D eigenvalue weighted by Crippen LogP contribution is 2.22. The van der Waals surface area contributed by atoms with E-state index in [2.05, 4.69) is 26.0 Å². The maximum Gasteiger partial charge on any atom is 0.139 e. The number of benzene rings is 1. The van der Waals surface area contributed by atoms with Gasteiger partial charge in [0.2, 0.25) is 0 Å². The SMILES string of the molecule is Bc1ccc2c(c1)CCO2. The van der Waals surface area contributed by atoms with Crippen LogP contribution in [0.25, 0.3) is 0 Å². The predicted octanol–water partition coefficient (Wildman–Crippen LogP) is -0.120. The molecule has 0 aromatic heterocycles. The Balaban J connectivity index is 2.52. The Morgan fingerprint density at radius 2 is 2.30 bits per heavy atom. The molecule has 0 radical (unpaired) electrons. The van der Waals surface area contributed by atoms with Gasteiger partial charge in [-0.1, -0.05) is 17.6 Å². The Bertz CT molecular complexity index is 257. The van der Waals surface area contributed by atoms with E-state index in [1.54, 1.807) is 0 Å². The number of hydrogen-bond acceptors (Lipinski definition) is 1. The molecule has 0 fully saturated rings. The van der Waals surface area contributed by atoms with E-state index in [-0.39, 0.29) is 0 Å². The fourth-order valence-electron chi connectivity index (χ4n) is 1.32. The normalized spacial score (nSPS) is 14.4. The molecule has 1 heterocycles. The van der Waals surface area contributed by atoms with Crippen LogP contribution in [0.2, 0.25) is 0 Å². The van der Waals surface area contributed by atoms with Crippen molar-refractivity contribution >= 4 is 13.3 Å². The van der Waals surface area contributed by atoms with Crippen molar-refractivity contribution < 1.29 is 4.74 Å². The lowest BCUT2D eigenvalue weighted by Gasteiger charge is -1.97. The van der Waals surface area contributed by atoms with Crippen LogP contribution in [0.3, 0.4) is 0 Å². The molecule has 50 valence electrons. The summed E-state index contributed by atoms with van der Waals surface area (Å²) in [5, 5.41) is 0. The predicted molar refractivity (Wildman–Crippen MR) is 43.8 cm³/mol. The van der Waals surface area contributed by atoms with Crippen LogP contribution in [-0.4, -0.2) is 14.5 Å². The van der Waals surface area contributed by atoms with Gasteiger partial charge in [-0.2, -0.15) is 0 Å². The highest BCUT2D eigenvalue weighted by molar-refractivity contribution is 6.32. The minimum Gasteiger partial charge on any atom is -0.493 e. The Labute approximate surface area is 61.4 Å². The summed E-state index contributed by atoms with van der Waals surface area (Å²) in [6, 6.07) is 6.34. The van der Waals surface area contributed by atoms with Crippen LogP contribution in [0.4, 0.5) is 0 Å². The van der Waals surface area contributed by atoms with Crippen LogP contribution in [0, 0.1) is 0 Å². The molecule has 1 nitrogen and oxygen atoms in total. The Morgan fingerprint density at radius 1 is 1.40 bits per heavy atom. The Morgan fingerprint density at radius 3 is 3.20 bits per heavy atom. The molecule has 1 aromatic carbocycles. The fraction of sp³-hybridized carbons (Fsp3) is 0.250. The van der Waals surface area contributed by atoms with E-state index in [1.807, 2.05) is 0 Å². The Kier molecular flexibility index (Phi) is 1.19. The minimum absolute atomic E-state index is 0.860. The lowest BCUT2D eigenvalue weighted by Crippen LogP contribution is -2.00. The molecule has 0 atom stereocenters. The van der Waals surface area contributed by atoms with E-state index in [0.717, 1.165) is 18.8 Å².